The van der Waals surface area contributed by atoms with Gasteiger partial charge in [-0.1, -0.05) is 185 Å². The first-order chi connectivity index (χ1) is 29.3. The zero-order valence-corrected chi connectivity index (χ0v) is 34.3. The highest BCUT2D eigenvalue weighted by Gasteiger charge is 2.40. The Kier molecular flexibility index (Phi) is 7.36. The molecule has 286 valence electrons. The van der Waals surface area contributed by atoms with E-state index in [1.165, 1.54) is 83.3 Å². The van der Waals surface area contributed by atoms with E-state index in [0.717, 1.165) is 33.2 Å². The van der Waals surface area contributed by atoms with Gasteiger partial charge in [0.1, 0.15) is 11.2 Å². The van der Waals surface area contributed by atoms with Gasteiger partial charge >= 0.3 is 0 Å². The third-order valence-corrected chi connectivity index (χ3v) is 13.7. The summed E-state index contributed by atoms with van der Waals surface area (Å²) < 4.78 is 6.52. The summed E-state index contributed by atoms with van der Waals surface area (Å²) in [6.45, 7) is 9.47. The number of anilines is 3. The zero-order valence-electron chi connectivity index (χ0n) is 34.3. The Morgan fingerprint density at radius 1 is 0.350 bits per heavy atom. The Balaban J connectivity index is 1.04. The molecule has 0 bridgehead atoms. The highest BCUT2D eigenvalue weighted by atomic mass is 16.3. The number of hydrogen-bond acceptors (Lipinski definition) is 2. The van der Waals surface area contributed by atoms with Crippen LogP contribution in [-0.2, 0) is 10.8 Å². The third kappa shape index (κ3) is 4.82. The van der Waals surface area contributed by atoms with Gasteiger partial charge in [0, 0.05) is 44.0 Å². The van der Waals surface area contributed by atoms with Crippen molar-refractivity contribution in [3.63, 3.8) is 0 Å². The monoisotopic (exact) mass is 769 g/mol. The predicted molar refractivity (Wildman–Crippen MR) is 252 cm³/mol. The summed E-state index contributed by atoms with van der Waals surface area (Å²) in [4.78, 5) is 2.53. The minimum absolute atomic E-state index is 0.117. The van der Waals surface area contributed by atoms with Gasteiger partial charge in [-0.15, -0.1) is 0 Å². The van der Waals surface area contributed by atoms with Crippen LogP contribution < -0.4 is 4.90 Å². The van der Waals surface area contributed by atoms with Gasteiger partial charge in [0.15, 0.2) is 0 Å². The molecule has 0 unspecified atom stereocenters. The smallest absolute Gasteiger partial charge is 0.143 e. The maximum absolute atomic E-state index is 6.52. The second-order valence-corrected chi connectivity index (χ2v) is 17.6. The van der Waals surface area contributed by atoms with Crippen LogP contribution in [-0.4, -0.2) is 0 Å². The molecule has 60 heavy (non-hydrogen) atoms. The molecule has 0 saturated carbocycles. The number of nitrogens with zero attached hydrogens (tertiary/aromatic N) is 1. The Morgan fingerprint density at radius 2 is 0.817 bits per heavy atom. The summed E-state index contributed by atoms with van der Waals surface area (Å²) in [6.07, 6.45) is 0. The van der Waals surface area contributed by atoms with Gasteiger partial charge in [-0.05, 0) is 91.2 Å². The molecule has 9 aromatic carbocycles. The summed E-state index contributed by atoms with van der Waals surface area (Å²) in [6, 6.07) is 69.3. The van der Waals surface area contributed by atoms with Crippen molar-refractivity contribution < 1.29 is 4.42 Å². The number of benzene rings is 9. The van der Waals surface area contributed by atoms with E-state index < -0.39 is 0 Å². The fourth-order valence-electron chi connectivity index (χ4n) is 10.8. The molecule has 1 aromatic heterocycles. The average Bonchev–Trinajstić information content (AvgIpc) is 3.87. The fourth-order valence-corrected chi connectivity index (χ4v) is 10.8. The summed E-state index contributed by atoms with van der Waals surface area (Å²) in [7, 11) is 0. The van der Waals surface area contributed by atoms with Crippen LogP contribution in [0.15, 0.2) is 192 Å². The number of fused-ring (bicyclic) bond motifs is 10. The first-order valence-electron chi connectivity index (χ1n) is 21.1. The van der Waals surface area contributed by atoms with Crippen molar-refractivity contribution in [1.82, 2.24) is 0 Å². The van der Waals surface area contributed by atoms with Gasteiger partial charge in [-0.25, -0.2) is 0 Å². The van der Waals surface area contributed by atoms with E-state index in [1.54, 1.807) is 0 Å². The van der Waals surface area contributed by atoms with Crippen LogP contribution in [0.1, 0.15) is 49.9 Å². The quantitative estimate of drug-likeness (QED) is 0.173. The van der Waals surface area contributed by atoms with E-state index in [1.807, 2.05) is 6.07 Å². The summed E-state index contributed by atoms with van der Waals surface area (Å²) >= 11 is 0. The molecular weight excluding hydrogens is 727 g/mol. The van der Waals surface area contributed by atoms with Crippen molar-refractivity contribution in [3.8, 4) is 44.5 Å². The fraction of sp³-hybridized carbons (Fsp3) is 0.103. The normalized spacial score (nSPS) is 14.3. The van der Waals surface area contributed by atoms with Crippen molar-refractivity contribution in [3.05, 3.63) is 210 Å². The lowest BCUT2D eigenvalue weighted by Crippen LogP contribution is -2.17. The molecule has 0 atom stereocenters. The SMILES string of the molecule is CC1(C)c2ccccc2-c2c(N(c3ccc(-c4ccc(-c5cccc6c5oc5ccccc56)c5ccccc45)cc3)c3cccc4c3-c3ccccc3C4(C)C)cccc21. The van der Waals surface area contributed by atoms with Crippen molar-refractivity contribution in [2.24, 2.45) is 0 Å². The molecule has 10 aromatic rings. The number of furan rings is 1. The number of para-hydroxylation sites is 2. The topological polar surface area (TPSA) is 16.4 Å². The van der Waals surface area contributed by atoms with E-state index in [9.17, 15) is 0 Å². The molecule has 2 nitrogen and oxygen atoms in total. The lowest BCUT2D eigenvalue weighted by Gasteiger charge is -2.31. The van der Waals surface area contributed by atoms with Crippen molar-refractivity contribution >= 4 is 49.8 Å². The molecule has 0 N–H and O–H groups in total. The summed E-state index contributed by atoms with van der Waals surface area (Å²) in [5, 5.41) is 4.71. The Morgan fingerprint density at radius 3 is 1.45 bits per heavy atom. The van der Waals surface area contributed by atoms with Crippen molar-refractivity contribution in [2.75, 3.05) is 4.90 Å². The second kappa shape index (κ2) is 12.7. The second-order valence-electron chi connectivity index (χ2n) is 17.6. The van der Waals surface area contributed by atoms with E-state index in [2.05, 4.69) is 215 Å². The molecule has 2 aliphatic carbocycles. The molecule has 2 heteroatoms. The van der Waals surface area contributed by atoms with Crippen LogP contribution in [0.4, 0.5) is 17.1 Å². The first kappa shape index (κ1) is 34.8. The number of hydrogen-bond donors (Lipinski definition) is 0. The standard InChI is InChI=1S/C58H43NO/c1-57(2)47-23-10-7-19-45(47)54-49(57)25-14-27-51(54)59(52-28-15-26-50-55(52)46-20-8-11-24-48(46)58(50,3)4)37-32-30-36(31-33-37)38-34-35-41(40-17-6-5-16-39(38)40)43-21-13-22-44-42-18-9-12-29-53(42)60-56(43)44/h5-35H,1-4H3. The summed E-state index contributed by atoms with van der Waals surface area (Å²) in [5.74, 6) is 0. The van der Waals surface area contributed by atoms with Gasteiger partial charge < -0.3 is 9.32 Å². The van der Waals surface area contributed by atoms with Crippen LogP contribution in [0.3, 0.4) is 0 Å². The van der Waals surface area contributed by atoms with Crippen LogP contribution in [0.25, 0.3) is 77.2 Å². The first-order valence-corrected chi connectivity index (χ1v) is 21.1. The van der Waals surface area contributed by atoms with E-state index in [0.29, 0.717) is 0 Å². The molecule has 0 fully saturated rings. The van der Waals surface area contributed by atoms with Crippen molar-refractivity contribution in [2.45, 2.75) is 38.5 Å². The third-order valence-electron chi connectivity index (χ3n) is 13.7. The molecule has 1 heterocycles. The molecule has 0 saturated heterocycles. The van der Waals surface area contributed by atoms with E-state index >= 15 is 0 Å². The highest BCUT2D eigenvalue weighted by molar-refractivity contribution is 6.14. The maximum Gasteiger partial charge on any atom is 0.143 e. The number of rotatable bonds is 5. The van der Waals surface area contributed by atoms with Crippen LogP contribution >= 0.6 is 0 Å². The molecule has 0 spiro atoms. The lowest BCUT2D eigenvalue weighted by atomic mass is 9.82. The maximum atomic E-state index is 6.52. The average molecular weight is 770 g/mol. The van der Waals surface area contributed by atoms with Gasteiger partial charge in [0.25, 0.3) is 0 Å². The molecule has 2 aliphatic rings. The zero-order chi connectivity index (χ0) is 40.3. The van der Waals surface area contributed by atoms with Gasteiger partial charge in [-0.3, -0.25) is 0 Å². The lowest BCUT2D eigenvalue weighted by molar-refractivity contribution is 0.660. The molecule has 0 amide bonds. The Hall–Kier alpha value is -7.16. The summed E-state index contributed by atoms with van der Waals surface area (Å²) in [5.41, 5.74) is 20.5. The van der Waals surface area contributed by atoms with Crippen molar-refractivity contribution in [1.29, 1.82) is 0 Å². The van der Waals surface area contributed by atoms with E-state index in [-0.39, 0.29) is 10.8 Å². The molecule has 0 aliphatic heterocycles. The molecule has 0 radical (unpaired) electrons. The minimum atomic E-state index is -0.117. The largest absolute Gasteiger partial charge is 0.455 e. The highest BCUT2D eigenvalue weighted by Crippen LogP contribution is 2.58. The van der Waals surface area contributed by atoms with Crippen LogP contribution in [0, 0.1) is 0 Å². The molecule has 12 rings (SSSR count). The van der Waals surface area contributed by atoms with Gasteiger partial charge in [0.05, 0.1) is 11.4 Å². The van der Waals surface area contributed by atoms with Gasteiger partial charge in [0.2, 0.25) is 0 Å². The van der Waals surface area contributed by atoms with Crippen LogP contribution in [0.2, 0.25) is 0 Å². The van der Waals surface area contributed by atoms with Gasteiger partial charge in [-0.2, -0.15) is 0 Å². The Labute approximate surface area is 351 Å². The molecular formula is C58H43NO. The van der Waals surface area contributed by atoms with E-state index in [4.69, 9.17) is 4.42 Å². The Bertz CT molecular complexity index is 3270. The minimum Gasteiger partial charge on any atom is -0.455 e. The van der Waals surface area contributed by atoms with Crippen LogP contribution in [0.5, 0.6) is 0 Å². The predicted octanol–water partition coefficient (Wildman–Crippen LogP) is 16.2.